The van der Waals surface area contributed by atoms with Gasteiger partial charge in [0.2, 0.25) is 0 Å². The van der Waals surface area contributed by atoms with Gasteiger partial charge in [0.1, 0.15) is 0 Å². The second-order valence-corrected chi connectivity index (χ2v) is 12.3. The first-order valence-corrected chi connectivity index (χ1v) is 16.6. The third-order valence-corrected chi connectivity index (χ3v) is 9.41. The standard InChI is InChI=1S/C45H32N4.Cu.H2O/c1-49-40-28-29-41(49)45(33-20-12-5-13-21-33)39-27-25-37(48-39)43(31-16-8-3-9-17-31)35-23-22-34(46-35)42(30-14-6-2-7-15-30)36-24-26-38(47-36)44(40)32-18-10-4-11-19-32;;/h2-29,46H,1H3;;1H2/q;+2;/p-1. The third-order valence-electron chi connectivity index (χ3n) is 9.41. The summed E-state index contributed by atoms with van der Waals surface area (Å²) in [6.45, 7) is 0. The zero-order valence-corrected chi connectivity index (χ0v) is 28.7. The smallest absolute Gasteiger partial charge is 0.870 e. The molecule has 5 heterocycles. The van der Waals surface area contributed by atoms with Gasteiger partial charge < -0.3 is 15.0 Å². The van der Waals surface area contributed by atoms with Crippen molar-refractivity contribution in [3.63, 3.8) is 0 Å². The molecule has 0 atom stereocenters. The van der Waals surface area contributed by atoms with Crippen LogP contribution >= 0.6 is 0 Å². The number of hydrogen-bond acceptors (Lipinski definition) is 3. The van der Waals surface area contributed by atoms with Crippen LogP contribution in [0, 0.1) is 0 Å². The van der Waals surface area contributed by atoms with Gasteiger partial charge in [0, 0.05) is 40.3 Å². The van der Waals surface area contributed by atoms with Gasteiger partial charge in [-0.3, -0.25) is 0 Å². The van der Waals surface area contributed by atoms with E-state index in [1.807, 2.05) is 0 Å². The van der Waals surface area contributed by atoms with Crippen molar-refractivity contribution >= 4 is 46.4 Å². The summed E-state index contributed by atoms with van der Waals surface area (Å²) < 4.78 is 2.29. The number of aromatic amines is 1. The van der Waals surface area contributed by atoms with Crippen LogP contribution in [0.25, 0.3) is 90.9 Å². The van der Waals surface area contributed by atoms with Crippen molar-refractivity contribution in [2.24, 2.45) is 7.05 Å². The summed E-state index contributed by atoms with van der Waals surface area (Å²) in [7, 11) is 2.15. The average molecular weight is 709 g/mol. The molecule has 3 aromatic heterocycles. The molecule has 1 radical (unpaired) electrons. The van der Waals surface area contributed by atoms with Crippen molar-refractivity contribution in [1.29, 1.82) is 0 Å². The van der Waals surface area contributed by atoms with Crippen molar-refractivity contribution < 1.29 is 22.5 Å². The Morgan fingerprint density at radius 1 is 0.392 bits per heavy atom. The van der Waals surface area contributed by atoms with Gasteiger partial charge in [-0.2, -0.15) is 0 Å². The van der Waals surface area contributed by atoms with Crippen molar-refractivity contribution in [2.75, 3.05) is 0 Å². The maximum Gasteiger partial charge on any atom is 2.00 e. The number of rotatable bonds is 4. The van der Waals surface area contributed by atoms with Crippen LogP contribution in [0.3, 0.4) is 0 Å². The zero-order valence-electron chi connectivity index (χ0n) is 27.8. The van der Waals surface area contributed by atoms with E-state index < -0.39 is 0 Å². The molecule has 51 heavy (non-hydrogen) atoms. The predicted octanol–water partition coefficient (Wildman–Crippen LogP) is 11.2. The first kappa shape index (κ1) is 33.5. The molecular weight excluding hydrogens is 676 g/mol. The maximum absolute atomic E-state index is 5.40. The Kier molecular flexibility index (Phi) is 9.22. The molecule has 0 unspecified atom stereocenters. The molecular formula is C45H33CuN4O+. The quantitative estimate of drug-likeness (QED) is 0.185. The van der Waals surface area contributed by atoms with Crippen molar-refractivity contribution in [3.05, 3.63) is 168 Å². The summed E-state index contributed by atoms with van der Waals surface area (Å²) in [5.41, 5.74) is 16.5. The molecule has 5 nitrogen and oxygen atoms in total. The molecule has 6 heteroatoms. The largest absolute Gasteiger partial charge is 2.00 e. The van der Waals surface area contributed by atoms with E-state index in [9.17, 15) is 0 Å². The molecule has 7 aromatic rings. The van der Waals surface area contributed by atoms with E-state index in [0.717, 1.165) is 89.4 Å². The van der Waals surface area contributed by atoms with E-state index in [1.165, 1.54) is 0 Å². The minimum absolute atomic E-state index is 0. The van der Waals surface area contributed by atoms with E-state index in [-0.39, 0.29) is 22.5 Å². The SMILES string of the molecule is Cn1c2ccc1c(-c1ccccc1)c1nc(c(-c3ccccc3)c3ccc([nH]3)c(-c3ccccc3)c3nc(c2-c2ccccc2)C=C3)C=C1.[Cu+2].[OH-]. The summed E-state index contributed by atoms with van der Waals surface area (Å²) >= 11 is 0. The Labute approximate surface area is 307 Å². The molecule has 2 aliphatic rings. The van der Waals surface area contributed by atoms with Crippen LogP contribution in [0.4, 0.5) is 0 Å². The summed E-state index contributed by atoms with van der Waals surface area (Å²) in [5.74, 6) is 0. The number of nitrogens with zero attached hydrogens (tertiary/aromatic N) is 3. The monoisotopic (exact) mass is 708 g/mol. The fourth-order valence-electron chi connectivity index (χ4n) is 7.14. The Hall–Kier alpha value is -6.04. The van der Waals surface area contributed by atoms with E-state index in [4.69, 9.17) is 9.97 Å². The fourth-order valence-corrected chi connectivity index (χ4v) is 7.14. The van der Waals surface area contributed by atoms with E-state index in [1.54, 1.807) is 0 Å². The number of aromatic nitrogens is 4. The number of benzene rings is 4. The van der Waals surface area contributed by atoms with Gasteiger partial charge in [-0.05, 0) is 70.8 Å². The van der Waals surface area contributed by atoms with Gasteiger partial charge in [-0.15, -0.1) is 0 Å². The van der Waals surface area contributed by atoms with Gasteiger partial charge in [-0.25, -0.2) is 9.97 Å². The molecule has 4 aromatic carbocycles. The maximum atomic E-state index is 5.40. The molecule has 9 rings (SSSR count). The van der Waals surface area contributed by atoms with Crippen molar-refractivity contribution in [2.45, 2.75) is 0 Å². The predicted molar refractivity (Wildman–Crippen MR) is 207 cm³/mol. The summed E-state index contributed by atoms with van der Waals surface area (Å²) in [5, 5.41) is 0. The van der Waals surface area contributed by atoms with Crippen LogP contribution in [0.15, 0.2) is 146 Å². The van der Waals surface area contributed by atoms with Crippen LogP contribution in [-0.4, -0.2) is 25.0 Å². The minimum atomic E-state index is 0. The van der Waals surface area contributed by atoms with Crippen LogP contribution in [0.1, 0.15) is 22.8 Å². The number of aryl methyl sites for hydroxylation is 1. The van der Waals surface area contributed by atoms with E-state index >= 15 is 0 Å². The van der Waals surface area contributed by atoms with Crippen LogP contribution < -0.4 is 0 Å². The third kappa shape index (κ3) is 5.96. The molecule has 0 amide bonds. The first-order valence-electron chi connectivity index (χ1n) is 16.6. The molecule has 0 fully saturated rings. The minimum Gasteiger partial charge on any atom is -0.870 e. The molecule has 2 aliphatic heterocycles. The summed E-state index contributed by atoms with van der Waals surface area (Å²) in [6.07, 6.45) is 8.61. The van der Waals surface area contributed by atoms with Gasteiger partial charge in [0.15, 0.2) is 0 Å². The first-order chi connectivity index (χ1) is 24.2. The second-order valence-electron chi connectivity index (χ2n) is 12.3. The molecule has 0 spiro atoms. The van der Waals surface area contributed by atoms with E-state index in [0.29, 0.717) is 0 Å². The van der Waals surface area contributed by atoms with Gasteiger partial charge in [0.25, 0.3) is 0 Å². The Balaban J connectivity index is 0.00000203. The molecule has 0 saturated heterocycles. The van der Waals surface area contributed by atoms with Crippen molar-refractivity contribution in [1.82, 2.24) is 19.5 Å². The number of nitrogens with one attached hydrogen (secondary N) is 1. The molecule has 249 valence electrons. The Bertz CT molecular complexity index is 2410. The second kappa shape index (κ2) is 14.1. The Morgan fingerprint density at radius 2 is 0.686 bits per heavy atom. The molecule has 2 N–H and O–H groups in total. The molecule has 0 saturated carbocycles. The van der Waals surface area contributed by atoms with Crippen LogP contribution in [0.5, 0.6) is 0 Å². The fraction of sp³-hybridized carbons (Fsp3) is 0.0222. The molecule has 8 bridgehead atoms. The number of H-pyrrole nitrogens is 1. The summed E-state index contributed by atoms with van der Waals surface area (Å²) in [4.78, 5) is 14.6. The summed E-state index contributed by atoms with van der Waals surface area (Å²) in [6, 6.07) is 51.0. The van der Waals surface area contributed by atoms with Crippen molar-refractivity contribution in [3.8, 4) is 44.5 Å². The van der Waals surface area contributed by atoms with E-state index in [2.05, 4.69) is 186 Å². The topological polar surface area (TPSA) is 76.5 Å². The van der Waals surface area contributed by atoms with Crippen LogP contribution in [0.2, 0.25) is 0 Å². The van der Waals surface area contributed by atoms with Gasteiger partial charge in [0.05, 0.1) is 33.8 Å². The zero-order chi connectivity index (χ0) is 32.7. The number of hydrogen-bond donors (Lipinski definition) is 1. The van der Waals surface area contributed by atoms with Crippen LogP contribution in [-0.2, 0) is 24.1 Å². The average Bonchev–Trinajstić information content (AvgIpc) is 3.98. The normalized spacial score (nSPS) is 11.5. The van der Waals surface area contributed by atoms with Gasteiger partial charge in [-0.1, -0.05) is 121 Å². The molecule has 0 aliphatic carbocycles. The number of fused-ring (bicyclic) bond motifs is 8. The Morgan fingerprint density at radius 3 is 1.02 bits per heavy atom. The van der Waals surface area contributed by atoms with Gasteiger partial charge >= 0.3 is 17.1 Å².